The number of carbonyl (C=O) groups excluding carboxylic acids is 2. The van der Waals surface area contributed by atoms with E-state index in [2.05, 4.69) is 0 Å². The van der Waals surface area contributed by atoms with Gasteiger partial charge in [0.05, 0.1) is 6.61 Å². The molecule has 0 aromatic heterocycles. The fourth-order valence-electron chi connectivity index (χ4n) is 3.13. The lowest BCUT2D eigenvalue weighted by atomic mass is 9.97. The smallest absolute Gasteiger partial charge is 0.193 e. The van der Waals surface area contributed by atoms with Gasteiger partial charge in [0.2, 0.25) is 0 Å². The molecule has 6 nitrogen and oxygen atoms in total. The summed E-state index contributed by atoms with van der Waals surface area (Å²) in [5.74, 6) is -1.04. The Morgan fingerprint density at radius 3 is 2.60 bits per heavy atom. The van der Waals surface area contributed by atoms with Gasteiger partial charge in [0.15, 0.2) is 24.0 Å². The molecule has 2 aliphatic rings. The van der Waals surface area contributed by atoms with E-state index in [-0.39, 0.29) is 18.0 Å². The monoisotopic (exact) mass is 348 g/mol. The lowest BCUT2D eigenvalue weighted by Gasteiger charge is -2.35. The molecule has 2 saturated heterocycles. The Balaban J connectivity index is 1.72. The Bertz CT molecular complexity index is 626. The van der Waals surface area contributed by atoms with Crippen molar-refractivity contribution in [2.24, 2.45) is 0 Å². The van der Waals surface area contributed by atoms with Gasteiger partial charge in [-0.15, -0.1) is 0 Å². The highest BCUT2D eigenvalue weighted by molar-refractivity contribution is 5.89. The van der Waals surface area contributed by atoms with Crippen LogP contribution in [0.15, 0.2) is 30.3 Å². The SMILES string of the molecule is CC(=O)CC[C@H]1O[C@H](OCc2ccccc2)[C@H]2OC(C)(C)O[C@H]2C1=O. The summed E-state index contributed by atoms with van der Waals surface area (Å²) in [6.45, 7) is 5.36. The Kier molecular flexibility index (Phi) is 5.34. The van der Waals surface area contributed by atoms with Gasteiger partial charge in [-0.3, -0.25) is 4.79 Å². The molecular weight excluding hydrogens is 324 g/mol. The first-order chi connectivity index (χ1) is 11.9. The number of fused-ring (bicyclic) bond motifs is 1. The number of benzene rings is 1. The number of rotatable bonds is 6. The highest BCUT2D eigenvalue weighted by Crippen LogP contribution is 2.37. The molecule has 136 valence electrons. The molecule has 2 aliphatic heterocycles. The number of Topliss-reactive ketones (excluding diaryl/α,β-unsaturated/α-hetero) is 2. The summed E-state index contributed by atoms with van der Waals surface area (Å²) in [6, 6.07) is 9.70. The summed E-state index contributed by atoms with van der Waals surface area (Å²) >= 11 is 0. The third-order valence-electron chi connectivity index (χ3n) is 4.31. The van der Waals surface area contributed by atoms with Crippen LogP contribution in [0.2, 0.25) is 0 Å². The zero-order valence-corrected chi connectivity index (χ0v) is 14.8. The number of ketones is 2. The maximum Gasteiger partial charge on any atom is 0.193 e. The van der Waals surface area contributed by atoms with E-state index in [0.29, 0.717) is 13.0 Å². The molecular formula is C19H24O6. The Hall–Kier alpha value is -1.60. The van der Waals surface area contributed by atoms with Crippen molar-refractivity contribution >= 4 is 11.6 Å². The summed E-state index contributed by atoms with van der Waals surface area (Å²) in [4.78, 5) is 23.9. The van der Waals surface area contributed by atoms with Crippen molar-refractivity contribution in [1.82, 2.24) is 0 Å². The molecule has 2 fully saturated rings. The van der Waals surface area contributed by atoms with Crippen molar-refractivity contribution in [2.45, 2.75) is 70.6 Å². The fourth-order valence-corrected chi connectivity index (χ4v) is 3.13. The molecule has 1 aromatic rings. The van der Waals surface area contributed by atoms with Crippen molar-refractivity contribution in [3.8, 4) is 0 Å². The van der Waals surface area contributed by atoms with Crippen LogP contribution in [0, 0.1) is 0 Å². The van der Waals surface area contributed by atoms with Gasteiger partial charge in [0.1, 0.15) is 18.0 Å². The van der Waals surface area contributed by atoms with Gasteiger partial charge < -0.3 is 23.7 Å². The van der Waals surface area contributed by atoms with E-state index in [9.17, 15) is 9.59 Å². The second-order valence-electron chi connectivity index (χ2n) is 6.95. The minimum absolute atomic E-state index is 0.0178. The van der Waals surface area contributed by atoms with Gasteiger partial charge in [-0.05, 0) is 32.8 Å². The maximum absolute atomic E-state index is 12.6. The molecule has 0 unspecified atom stereocenters. The molecule has 25 heavy (non-hydrogen) atoms. The number of carbonyl (C=O) groups is 2. The quantitative estimate of drug-likeness (QED) is 0.786. The predicted octanol–water partition coefficient (Wildman–Crippen LogP) is 2.39. The Morgan fingerprint density at radius 1 is 1.20 bits per heavy atom. The van der Waals surface area contributed by atoms with E-state index >= 15 is 0 Å². The first kappa shape index (κ1) is 18.2. The normalized spacial score (nSPS) is 30.9. The van der Waals surface area contributed by atoms with Gasteiger partial charge >= 0.3 is 0 Å². The number of hydrogen-bond donors (Lipinski definition) is 0. The molecule has 0 spiro atoms. The lowest BCUT2D eigenvalue weighted by Crippen LogP contribution is -2.54. The lowest BCUT2D eigenvalue weighted by molar-refractivity contribution is -0.248. The molecule has 3 rings (SSSR count). The predicted molar refractivity (Wildman–Crippen MR) is 88.6 cm³/mol. The first-order valence-corrected chi connectivity index (χ1v) is 8.55. The third-order valence-corrected chi connectivity index (χ3v) is 4.31. The van der Waals surface area contributed by atoms with E-state index in [4.69, 9.17) is 18.9 Å². The second-order valence-corrected chi connectivity index (χ2v) is 6.95. The van der Waals surface area contributed by atoms with Crippen LogP contribution >= 0.6 is 0 Å². The highest BCUT2D eigenvalue weighted by atomic mass is 16.8. The van der Waals surface area contributed by atoms with E-state index in [1.54, 1.807) is 13.8 Å². The van der Waals surface area contributed by atoms with Gasteiger partial charge in [-0.1, -0.05) is 30.3 Å². The summed E-state index contributed by atoms with van der Waals surface area (Å²) < 4.78 is 23.4. The van der Waals surface area contributed by atoms with Crippen molar-refractivity contribution in [2.75, 3.05) is 0 Å². The Labute approximate surface area is 147 Å². The van der Waals surface area contributed by atoms with E-state index < -0.39 is 30.4 Å². The fraction of sp³-hybridized carbons (Fsp3) is 0.579. The van der Waals surface area contributed by atoms with Gasteiger partial charge in [-0.25, -0.2) is 0 Å². The van der Waals surface area contributed by atoms with E-state index in [1.807, 2.05) is 30.3 Å². The molecule has 0 amide bonds. The molecule has 0 N–H and O–H groups in total. The van der Waals surface area contributed by atoms with Crippen LogP contribution in [-0.2, 0) is 35.1 Å². The van der Waals surface area contributed by atoms with Crippen molar-refractivity contribution < 1.29 is 28.5 Å². The maximum atomic E-state index is 12.6. The molecule has 2 heterocycles. The van der Waals surface area contributed by atoms with Crippen LogP contribution in [0.1, 0.15) is 39.2 Å². The van der Waals surface area contributed by atoms with Crippen LogP contribution in [0.4, 0.5) is 0 Å². The summed E-state index contributed by atoms with van der Waals surface area (Å²) in [7, 11) is 0. The Morgan fingerprint density at radius 2 is 1.92 bits per heavy atom. The average molecular weight is 348 g/mol. The number of hydrogen-bond acceptors (Lipinski definition) is 6. The van der Waals surface area contributed by atoms with Gasteiger partial charge in [-0.2, -0.15) is 0 Å². The summed E-state index contributed by atoms with van der Waals surface area (Å²) in [6.07, 6.45) is -2.18. The van der Waals surface area contributed by atoms with Crippen LogP contribution in [0.25, 0.3) is 0 Å². The van der Waals surface area contributed by atoms with Gasteiger partial charge in [0.25, 0.3) is 0 Å². The molecule has 6 heteroatoms. The van der Waals surface area contributed by atoms with Crippen LogP contribution in [0.5, 0.6) is 0 Å². The number of ether oxygens (including phenoxy) is 4. The minimum Gasteiger partial charge on any atom is -0.345 e. The first-order valence-electron chi connectivity index (χ1n) is 8.55. The summed E-state index contributed by atoms with van der Waals surface area (Å²) in [5, 5.41) is 0. The summed E-state index contributed by atoms with van der Waals surface area (Å²) in [5.41, 5.74) is 0.998. The van der Waals surface area contributed by atoms with Crippen molar-refractivity contribution in [1.29, 1.82) is 0 Å². The second kappa shape index (κ2) is 7.33. The van der Waals surface area contributed by atoms with Gasteiger partial charge in [0, 0.05) is 6.42 Å². The largest absolute Gasteiger partial charge is 0.345 e. The van der Waals surface area contributed by atoms with Crippen LogP contribution < -0.4 is 0 Å². The molecule has 0 bridgehead atoms. The van der Waals surface area contributed by atoms with Crippen LogP contribution in [-0.4, -0.2) is 42.0 Å². The standard InChI is InChI=1S/C19H24O6/c1-12(20)9-10-14-15(21)16-17(25-19(2,3)24-16)18(23-14)22-11-13-7-5-4-6-8-13/h4-8,14,16-18H,9-11H2,1-3H3/t14-,16+,17+,18+/m1/s1. The third kappa shape index (κ3) is 4.33. The highest BCUT2D eigenvalue weighted by Gasteiger charge is 2.55. The van der Waals surface area contributed by atoms with Crippen molar-refractivity contribution in [3.63, 3.8) is 0 Å². The van der Waals surface area contributed by atoms with Crippen LogP contribution in [0.3, 0.4) is 0 Å². The van der Waals surface area contributed by atoms with E-state index in [0.717, 1.165) is 5.56 Å². The molecule has 1 aromatic carbocycles. The average Bonchev–Trinajstić information content (AvgIpc) is 2.90. The molecule has 0 radical (unpaired) electrons. The van der Waals surface area contributed by atoms with Crippen molar-refractivity contribution in [3.05, 3.63) is 35.9 Å². The van der Waals surface area contributed by atoms with E-state index in [1.165, 1.54) is 6.92 Å². The zero-order chi connectivity index (χ0) is 18.0. The topological polar surface area (TPSA) is 71.1 Å². The minimum atomic E-state index is -0.877. The zero-order valence-electron chi connectivity index (χ0n) is 14.8. The molecule has 4 atom stereocenters. The molecule has 0 aliphatic carbocycles. The molecule has 0 saturated carbocycles.